The molecule has 3 N–H and O–H groups in total. The van der Waals surface area contributed by atoms with Gasteiger partial charge in [-0.3, -0.25) is 4.79 Å². The lowest BCUT2D eigenvalue weighted by molar-refractivity contribution is -0.126. The number of nitrogen functional groups attached to an aromatic ring is 1. The number of fused-ring (bicyclic) bond motifs is 1. The maximum Gasteiger partial charge on any atom is 0.246 e. The summed E-state index contributed by atoms with van der Waals surface area (Å²) in [6, 6.07) is 6.06. The Bertz CT molecular complexity index is 466. The number of anilines is 1. The van der Waals surface area contributed by atoms with Crippen LogP contribution >= 0.6 is 12.4 Å². The first-order chi connectivity index (χ1) is 9.70. The maximum atomic E-state index is 11.9. The van der Waals surface area contributed by atoms with Crippen molar-refractivity contribution in [2.75, 3.05) is 18.9 Å². The minimum Gasteiger partial charge on any atom is -0.399 e. The Morgan fingerprint density at radius 3 is 3.05 bits per heavy atom. The van der Waals surface area contributed by atoms with Gasteiger partial charge in [0.2, 0.25) is 5.91 Å². The normalized spacial score (nSPS) is 16.7. The van der Waals surface area contributed by atoms with E-state index in [9.17, 15) is 4.79 Å². The van der Waals surface area contributed by atoms with E-state index in [2.05, 4.69) is 12.2 Å². The fraction of sp³-hybridized carbons (Fsp3) is 0.562. The van der Waals surface area contributed by atoms with Crippen LogP contribution in [0.5, 0.6) is 0 Å². The van der Waals surface area contributed by atoms with Crippen LogP contribution in [-0.4, -0.2) is 19.1 Å². The summed E-state index contributed by atoms with van der Waals surface area (Å²) in [6.07, 6.45) is 5.19. The van der Waals surface area contributed by atoms with Crippen LogP contribution in [0.2, 0.25) is 0 Å². The monoisotopic (exact) mass is 312 g/mol. The molecular weight excluding hydrogens is 288 g/mol. The number of carbonyl (C=O) groups excluding carboxylic acids is 1. The summed E-state index contributed by atoms with van der Waals surface area (Å²) in [7, 11) is 0. The summed E-state index contributed by atoms with van der Waals surface area (Å²) in [5.74, 6) is -0.0317. The van der Waals surface area contributed by atoms with Gasteiger partial charge in [0.1, 0.15) is 6.61 Å². The third kappa shape index (κ3) is 5.21. The highest BCUT2D eigenvalue weighted by molar-refractivity contribution is 5.85. The first kappa shape index (κ1) is 17.8. The van der Waals surface area contributed by atoms with E-state index in [4.69, 9.17) is 10.5 Å². The molecule has 0 saturated carbocycles. The quantitative estimate of drug-likeness (QED) is 0.627. The predicted octanol–water partition coefficient (Wildman–Crippen LogP) is 3.00. The van der Waals surface area contributed by atoms with Gasteiger partial charge in [-0.2, -0.15) is 0 Å². The molecule has 0 radical (unpaired) electrons. The third-order valence-corrected chi connectivity index (χ3v) is 3.69. The summed E-state index contributed by atoms with van der Waals surface area (Å²) < 4.78 is 5.35. The van der Waals surface area contributed by atoms with Crippen molar-refractivity contribution in [1.29, 1.82) is 0 Å². The van der Waals surface area contributed by atoms with Gasteiger partial charge in [0.15, 0.2) is 0 Å². The van der Waals surface area contributed by atoms with E-state index in [-0.39, 0.29) is 31.0 Å². The van der Waals surface area contributed by atoms with E-state index in [1.807, 2.05) is 18.2 Å². The van der Waals surface area contributed by atoms with Crippen LogP contribution in [0.15, 0.2) is 18.2 Å². The number of benzene rings is 1. The van der Waals surface area contributed by atoms with Gasteiger partial charge in [0, 0.05) is 12.3 Å². The Kier molecular flexibility index (Phi) is 7.54. The molecule has 0 fully saturated rings. The van der Waals surface area contributed by atoms with Gasteiger partial charge in [-0.05, 0) is 48.9 Å². The second kappa shape index (κ2) is 8.90. The fourth-order valence-electron chi connectivity index (χ4n) is 2.63. The lowest BCUT2D eigenvalue weighted by Crippen LogP contribution is -2.33. The molecule has 0 spiro atoms. The smallest absolute Gasteiger partial charge is 0.246 e. The second-order valence-corrected chi connectivity index (χ2v) is 5.38. The minimum absolute atomic E-state index is 0. The lowest BCUT2D eigenvalue weighted by atomic mass is 9.87. The molecule has 1 aliphatic rings. The van der Waals surface area contributed by atoms with E-state index >= 15 is 0 Å². The molecule has 2 rings (SSSR count). The first-order valence-corrected chi connectivity index (χ1v) is 7.46. The Labute approximate surface area is 132 Å². The number of rotatable bonds is 6. The van der Waals surface area contributed by atoms with Crippen molar-refractivity contribution in [3.8, 4) is 0 Å². The third-order valence-electron chi connectivity index (χ3n) is 3.69. The summed E-state index contributed by atoms with van der Waals surface area (Å²) >= 11 is 0. The molecule has 1 unspecified atom stereocenters. The molecule has 1 amide bonds. The number of ether oxygens (including phenoxy) is 1. The molecule has 1 atom stereocenters. The van der Waals surface area contributed by atoms with Crippen molar-refractivity contribution in [3.63, 3.8) is 0 Å². The van der Waals surface area contributed by atoms with Gasteiger partial charge in [-0.25, -0.2) is 0 Å². The largest absolute Gasteiger partial charge is 0.399 e. The summed E-state index contributed by atoms with van der Waals surface area (Å²) in [5.41, 5.74) is 9.06. The summed E-state index contributed by atoms with van der Waals surface area (Å²) in [4.78, 5) is 11.9. The molecule has 1 aromatic carbocycles. The van der Waals surface area contributed by atoms with Gasteiger partial charge >= 0.3 is 0 Å². The molecule has 0 aromatic heterocycles. The number of carbonyl (C=O) groups is 1. The van der Waals surface area contributed by atoms with Crippen LogP contribution in [0.4, 0.5) is 5.69 Å². The standard InChI is InChI=1S/C16H24N2O2.ClH/c1-2-3-9-20-11-16(19)18-15-6-4-5-12-10-13(17)7-8-14(12)15;/h7-8,10,15H,2-6,9,11,17H2,1H3,(H,18,19);1H. The van der Waals surface area contributed by atoms with Crippen molar-refractivity contribution < 1.29 is 9.53 Å². The average molecular weight is 313 g/mol. The van der Waals surface area contributed by atoms with Crippen molar-refractivity contribution in [3.05, 3.63) is 29.3 Å². The molecule has 0 saturated heterocycles. The van der Waals surface area contributed by atoms with E-state index in [1.54, 1.807) is 0 Å². The Balaban J connectivity index is 0.00000220. The Morgan fingerprint density at radius 2 is 2.29 bits per heavy atom. The fourth-order valence-corrected chi connectivity index (χ4v) is 2.63. The highest BCUT2D eigenvalue weighted by Gasteiger charge is 2.21. The van der Waals surface area contributed by atoms with Gasteiger partial charge in [0.05, 0.1) is 6.04 Å². The van der Waals surface area contributed by atoms with Gasteiger partial charge < -0.3 is 15.8 Å². The number of amides is 1. The highest BCUT2D eigenvalue weighted by Crippen LogP contribution is 2.30. The van der Waals surface area contributed by atoms with Crippen molar-refractivity contribution in [2.45, 2.75) is 45.1 Å². The Hall–Kier alpha value is -1.26. The molecule has 1 aromatic rings. The molecule has 1 aliphatic carbocycles. The summed E-state index contributed by atoms with van der Waals surface area (Å²) in [5, 5.41) is 3.07. The van der Waals surface area contributed by atoms with E-state index in [0.717, 1.165) is 37.8 Å². The molecule has 21 heavy (non-hydrogen) atoms. The molecular formula is C16H25ClN2O2. The number of nitrogens with two attached hydrogens (primary N) is 1. The molecule has 4 nitrogen and oxygen atoms in total. The molecule has 5 heteroatoms. The van der Waals surface area contributed by atoms with Crippen molar-refractivity contribution in [2.24, 2.45) is 0 Å². The average Bonchev–Trinajstić information content (AvgIpc) is 2.43. The predicted molar refractivity (Wildman–Crippen MR) is 87.7 cm³/mol. The zero-order valence-electron chi connectivity index (χ0n) is 12.6. The zero-order valence-corrected chi connectivity index (χ0v) is 13.4. The maximum absolute atomic E-state index is 11.9. The highest BCUT2D eigenvalue weighted by atomic mass is 35.5. The van der Waals surface area contributed by atoms with Crippen LogP contribution in [-0.2, 0) is 16.0 Å². The van der Waals surface area contributed by atoms with Crippen LogP contribution in [0, 0.1) is 0 Å². The van der Waals surface area contributed by atoms with Gasteiger partial charge in [-0.15, -0.1) is 12.4 Å². The van der Waals surface area contributed by atoms with E-state index in [0.29, 0.717) is 6.61 Å². The second-order valence-electron chi connectivity index (χ2n) is 5.38. The summed E-state index contributed by atoms with van der Waals surface area (Å²) in [6.45, 7) is 2.91. The molecule has 0 heterocycles. The van der Waals surface area contributed by atoms with Crippen LogP contribution in [0.3, 0.4) is 0 Å². The SMILES string of the molecule is CCCCOCC(=O)NC1CCCc2cc(N)ccc21.Cl. The number of hydrogen-bond acceptors (Lipinski definition) is 3. The molecule has 0 bridgehead atoms. The van der Waals surface area contributed by atoms with Gasteiger partial charge in [-0.1, -0.05) is 19.4 Å². The number of hydrogen-bond donors (Lipinski definition) is 2. The lowest BCUT2D eigenvalue weighted by Gasteiger charge is -2.26. The Morgan fingerprint density at radius 1 is 1.48 bits per heavy atom. The van der Waals surface area contributed by atoms with Crippen LogP contribution in [0.25, 0.3) is 0 Å². The van der Waals surface area contributed by atoms with Crippen molar-refractivity contribution in [1.82, 2.24) is 5.32 Å². The number of nitrogens with one attached hydrogen (secondary N) is 1. The van der Waals surface area contributed by atoms with E-state index in [1.165, 1.54) is 11.1 Å². The van der Waals surface area contributed by atoms with Crippen LogP contribution < -0.4 is 11.1 Å². The topological polar surface area (TPSA) is 64.3 Å². The minimum atomic E-state index is -0.0317. The zero-order chi connectivity index (χ0) is 14.4. The first-order valence-electron chi connectivity index (χ1n) is 7.46. The molecule has 0 aliphatic heterocycles. The van der Waals surface area contributed by atoms with E-state index < -0.39 is 0 Å². The van der Waals surface area contributed by atoms with Crippen molar-refractivity contribution >= 4 is 24.0 Å². The number of unbranched alkanes of at least 4 members (excludes halogenated alkanes) is 1. The molecule has 118 valence electrons. The number of aryl methyl sites for hydroxylation is 1. The number of halogens is 1. The van der Waals surface area contributed by atoms with Gasteiger partial charge in [0.25, 0.3) is 0 Å². The van der Waals surface area contributed by atoms with Crippen LogP contribution in [0.1, 0.15) is 49.8 Å².